The van der Waals surface area contributed by atoms with Crippen molar-refractivity contribution in [2.45, 2.75) is 32.6 Å². The first-order valence-corrected chi connectivity index (χ1v) is 7.44. The molecule has 19 heavy (non-hydrogen) atoms. The molecule has 0 saturated heterocycles. The molecule has 0 aliphatic carbocycles. The Kier molecular flexibility index (Phi) is 8.08. The van der Waals surface area contributed by atoms with E-state index in [0.717, 1.165) is 38.8 Å². The molecule has 0 atom stereocenters. The van der Waals surface area contributed by atoms with Crippen LogP contribution in [0.3, 0.4) is 0 Å². The fraction of sp³-hybridized carbons (Fsp3) is 0.750. The minimum atomic E-state index is -0.145. The second kappa shape index (κ2) is 9.69. The fourth-order valence-corrected chi connectivity index (χ4v) is 2.13. The van der Waals surface area contributed by atoms with E-state index >= 15 is 0 Å². The molecular formula is C12H22N4O2S. The Labute approximate surface area is 118 Å². The Bertz CT molecular complexity index is 370. The normalized spacial score (nSPS) is 10.4. The summed E-state index contributed by atoms with van der Waals surface area (Å²) in [5.74, 6) is -0.145. The molecule has 1 aromatic rings. The molecular weight excluding hydrogens is 264 g/mol. The van der Waals surface area contributed by atoms with E-state index in [1.807, 2.05) is 0 Å². The van der Waals surface area contributed by atoms with Gasteiger partial charge in [-0.1, -0.05) is 18.3 Å². The standard InChI is InChI=1S/C12H22N4O2S/c1-3-7-14-12-16-15-11(19-12)10(17)13-8-5-4-6-9-18-2/h3-9H2,1-2H3,(H,13,17)(H,14,16). The highest BCUT2D eigenvalue weighted by Gasteiger charge is 2.11. The third-order valence-corrected chi connectivity index (χ3v) is 3.34. The van der Waals surface area contributed by atoms with E-state index in [4.69, 9.17) is 4.74 Å². The topological polar surface area (TPSA) is 76.1 Å². The van der Waals surface area contributed by atoms with Gasteiger partial charge < -0.3 is 15.4 Å². The van der Waals surface area contributed by atoms with Gasteiger partial charge in [-0.2, -0.15) is 0 Å². The number of rotatable bonds is 10. The van der Waals surface area contributed by atoms with Crippen LogP contribution in [0.4, 0.5) is 5.13 Å². The molecule has 1 heterocycles. The minimum absolute atomic E-state index is 0.145. The lowest BCUT2D eigenvalue weighted by Gasteiger charge is -2.02. The van der Waals surface area contributed by atoms with Gasteiger partial charge in [-0.3, -0.25) is 4.79 Å². The lowest BCUT2D eigenvalue weighted by atomic mass is 10.2. The van der Waals surface area contributed by atoms with Crippen molar-refractivity contribution in [2.75, 3.05) is 32.1 Å². The molecule has 1 aromatic heterocycles. The predicted octanol–water partition coefficient (Wildman–Crippen LogP) is 1.91. The third kappa shape index (κ3) is 6.49. The molecule has 7 heteroatoms. The van der Waals surface area contributed by atoms with Crippen LogP contribution in [0.1, 0.15) is 42.4 Å². The quantitative estimate of drug-likeness (QED) is 0.643. The summed E-state index contributed by atoms with van der Waals surface area (Å²) in [6.07, 6.45) is 4.04. The van der Waals surface area contributed by atoms with E-state index < -0.39 is 0 Å². The summed E-state index contributed by atoms with van der Waals surface area (Å²) < 4.78 is 4.96. The van der Waals surface area contributed by atoms with Crippen molar-refractivity contribution in [1.82, 2.24) is 15.5 Å². The Hall–Kier alpha value is -1.21. The van der Waals surface area contributed by atoms with E-state index in [1.54, 1.807) is 7.11 Å². The maximum absolute atomic E-state index is 11.8. The molecule has 108 valence electrons. The number of carbonyl (C=O) groups is 1. The van der Waals surface area contributed by atoms with Gasteiger partial charge in [-0.05, 0) is 25.7 Å². The zero-order chi connectivity index (χ0) is 13.9. The molecule has 0 radical (unpaired) electrons. The van der Waals surface area contributed by atoms with Crippen LogP contribution in [0.5, 0.6) is 0 Å². The fourth-order valence-electron chi connectivity index (χ4n) is 1.44. The van der Waals surface area contributed by atoms with Crippen LogP contribution >= 0.6 is 11.3 Å². The minimum Gasteiger partial charge on any atom is -0.385 e. The van der Waals surface area contributed by atoms with Crippen molar-refractivity contribution < 1.29 is 9.53 Å². The van der Waals surface area contributed by atoms with Crippen molar-refractivity contribution in [3.63, 3.8) is 0 Å². The summed E-state index contributed by atoms with van der Waals surface area (Å²) in [4.78, 5) is 11.8. The van der Waals surface area contributed by atoms with E-state index in [-0.39, 0.29) is 5.91 Å². The number of unbranched alkanes of at least 4 members (excludes halogenated alkanes) is 2. The van der Waals surface area contributed by atoms with Crippen LogP contribution in [0, 0.1) is 0 Å². The first-order chi connectivity index (χ1) is 9.27. The molecule has 0 unspecified atom stereocenters. The van der Waals surface area contributed by atoms with Crippen LogP contribution < -0.4 is 10.6 Å². The van der Waals surface area contributed by atoms with Gasteiger partial charge in [-0.15, -0.1) is 10.2 Å². The van der Waals surface area contributed by atoms with Crippen molar-refractivity contribution in [3.05, 3.63) is 5.01 Å². The number of methoxy groups -OCH3 is 1. The zero-order valence-electron chi connectivity index (χ0n) is 11.6. The molecule has 0 bridgehead atoms. The summed E-state index contributed by atoms with van der Waals surface area (Å²) in [5.41, 5.74) is 0. The van der Waals surface area contributed by atoms with Gasteiger partial charge in [0.2, 0.25) is 10.1 Å². The number of aromatic nitrogens is 2. The maximum atomic E-state index is 11.8. The van der Waals surface area contributed by atoms with Crippen LogP contribution in [-0.2, 0) is 4.74 Å². The number of hydrogen-bond donors (Lipinski definition) is 2. The van der Waals surface area contributed by atoms with Gasteiger partial charge in [0, 0.05) is 26.8 Å². The lowest BCUT2D eigenvalue weighted by molar-refractivity contribution is 0.0951. The number of ether oxygens (including phenoxy) is 1. The van der Waals surface area contributed by atoms with Gasteiger partial charge in [0.1, 0.15) is 0 Å². The first-order valence-electron chi connectivity index (χ1n) is 6.62. The monoisotopic (exact) mass is 286 g/mol. The number of hydrogen-bond acceptors (Lipinski definition) is 6. The molecule has 0 aromatic carbocycles. The van der Waals surface area contributed by atoms with Gasteiger partial charge in [-0.25, -0.2) is 0 Å². The Morgan fingerprint density at radius 1 is 1.26 bits per heavy atom. The molecule has 2 N–H and O–H groups in total. The smallest absolute Gasteiger partial charge is 0.282 e. The molecule has 0 saturated carbocycles. The van der Waals surface area contributed by atoms with Gasteiger partial charge >= 0.3 is 0 Å². The van der Waals surface area contributed by atoms with Crippen LogP contribution in [-0.4, -0.2) is 42.9 Å². The van der Waals surface area contributed by atoms with Gasteiger partial charge in [0.05, 0.1) is 0 Å². The average Bonchev–Trinajstić information content (AvgIpc) is 2.89. The third-order valence-electron chi connectivity index (χ3n) is 2.46. The largest absolute Gasteiger partial charge is 0.385 e. The highest BCUT2D eigenvalue weighted by Crippen LogP contribution is 2.14. The maximum Gasteiger partial charge on any atom is 0.282 e. The summed E-state index contributed by atoms with van der Waals surface area (Å²) in [6.45, 7) is 4.36. The second-order valence-corrected chi connectivity index (χ2v) is 5.13. The zero-order valence-corrected chi connectivity index (χ0v) is 12.4. The van der Waals surface area contributed by atoms with Crippen LogP contribution in [0.2, 0.25) is 0 Å². The van der Waals surface area contributed by atoms with Gasteiger partial charge in [0.15, 0.2) is 0 Å². The summed E-state index contributed by atoms with van der Waals surface area (Å²) in [7, 11) is 1.70. The molecule has 0 aliphatic heterocycles. The molecule has 0 fully saturated rings. The molecule has 6 nitrogen and oxygen atoms in total. The lowest BCUT2D eigenvalue weighted by Crippen LogP contribution is -2.24. The molecule has 0 spiro atoms. The first kappa shape index (κ1) is 15.8. The van der Waals surface area contributed by atoms with E-state index in [1.165, 1.54) is 11.3 Å². The number of anilines is 1. The number of carbonyl (C=O) groups excluding carboxylic acids is 1. The SMILES string of the molecule is CCCNc1nnc(C(=O)NCCCCCOC)s1. The van der Waals surface area contributed by atoms with Crippen LogP contribution in [0.15, 0.2) is 0 Å². The van der Waals surface area contributed by atoms with Crippen molar-refractivity contribution in [3.8, 4) is 0 Å². The highest BCUT2D eigenvalue weighted by atomic mass is 32.1. The van der Waals surface area contributed by atoms with E-state index in [2.05, 4.69) is 27.8 Å². The Morgan fingerprint density at radius 2 is 2.11 bits per heavy atom. The highest BCUT2D eigenvalue weighted by molar-refractivity contribution is 7.17. The van der Waals surface area contributed by atoms with Crippen molar-refractivity contribution in [2.24, 2.45) is 0 Å². The van der Waals surface area contributed by atoms with Crippen molar-refractivity contribution in [1.29, 1.82) is 0 Å². The summed E-state index contributed by atoms with van der Waals surface area (Å²) >= 11 is 1.29. The molecule has 1 rings (SSSR count). The van der Waals surface area contributed by atoms with E-state index in [0.29, 0.717) is 16.7 Å². The number of nitrogens with zero attached hydrogens (tertiary/aromatic N) is 2. The second-order valence-electron chi connectivity index (χ2n) is 4.15. The van der Waals surface area contributed by atoms with E-state index in [9.17, 15) is 4.79 Å². The predicted molar refractivity (Wildman–Crippen MR) is 76.7 cm³/mol. The Balaban J connectivity index is 2.20. The summed E-state index contributed by atoms with van der Waals surface area (Å²) in [5, 5.41) is 14.9. The van der Waals surface area contributed by atoms with Crippen LogP contribution in [0.25, 0.3) is 0 Å². The molecule has 1 amide bonds. The summed E-state index contributed by atoms with van der Waals surface area (Å²) in [6, 6.07) is 0. The molecule has 0 aliphatic rings. The van der Waals surface area contributed by atoms with Crippen molar-refractivity contribution >= 4 is 22.4 Å². The van der Waals surface area contributed by atoms with Gasteiger partial charge in [0.25, 0.3) is 5.91 Å². The number of nitrogens with one attached hydrogen (secondary N) is 2. The Morgan fingerprint density at radius 3 is 2.84 bits per heavy atom. The number of amides is 1. The average molecular weight is 286 g/mol.